The summed E-state index contributed by atoms with van der Waals surface area (Å²) in [7, 11) is 4.19. The van der Waals surface area contributed by atoms with E-state index in [1.807, 2.05) is 18.5 Å². The molecule has 1 saturated heterocycles. The second-order valence-electron chi connectivity index (χ2n) is 6.01. The summed E-state index contributed by atoms with van der Waals surface area (Å²) in [5.74, 6) is 0. The topological polar surface area (TPSA) is 34.6 Å². The van der Waals surface area contributed by atoms with E-state index in [0.717, 1.165) is 57.3 Å². The number of piperazine rings is 1. The van der Waals surface area contributed by atoms with E-state index in [1.54, 1.807) is 0 Å². The molecule has 0 atom stereocenters. The minimum atomic E-state index is 0.903. The fraction of sp³-hybridized carbons (Fsp3) is 0.625. The van der Waals surface area contributed by atoms with Crippen LogP contribution in [0.25, 0.3) is 0 Å². The van der Waals surface area contributed by atoms with E-state index >= 15 is 0 Å². The van der Waals surface area contributed by atoms with Gasteiger partial charge < -0.3 is 15.1 Å². The molecule has 0 amide bonds. The Bertz CT molecular complexity index is 443. The maximum atomic E-state index is 5.49. The minimum absolute atomic E-state index is 0.903. The second kappa shape index (κ2) is 9.02. The molecule has 0 spiro atoms. The molecule has 122 valence electrons. The van der Waals surface area contributed by atoms with Crippen molar-refractivity contribution in [3.63, 3.8) is 0 Å². The van der Waals surface area contributed by atoms with Gasteiger partial charge in [-0.05, 0) is 50.9 Å². The van der Waals surface area contributed by atoms with E-state index in [2.05, 4.69) is 45.2 Å². The van der Waals surface area contributed by atoms with E-state index in [-0.39, 0.29) is 0 Å². The summed E-state index contributed by atoms with van der Waals surface area (Å²) in [6.07, 6.45) is 4.89. The van der Waals surface area contributed by atoms with Crippen LogP contribution in [0.15, 0.2) is 24.5 Å². The number of nitrogens with one attached hydrogen (secondary N) is 1. The Labute approximate surface area is 139 Å². The van der Waals surface area contributed by atoms with Gasteiger partial charge in [0.15, 0.2) is 5.11 Å². The molecule has 1 fully saturated rings. The van der Waals surface area contributed by atoms with Crippen molar-refractivity contribution in [1.82, 2.24) is 25.0 Å². The van der Waals surface area contributed by atoms with Crippen LogP contribution < -0.4 is 5.32 Å². The summed E-state index contributed by atoms with van der Waals surface area (Å²) in [4.78, 5) is 11.1. The van der Waals surface area contributed by atoms with Crippen molar-refractivity contribution >= 4 is 17.3 Å². The van der Waals surface area contributed by atoms with E-state index in [0.29, 0.717) is 0 Å². The van der Waals surface area contributed by atoms with Crippen molar-refractivity contribution in [2.24, 2.45) is 0 Å². The predicted octanol–water partition coefficient (Wildman–Crippen LogP) is 1.03. The fourth-order valence-electron chi connectivity index (χ4n) is 2.56. The highest BCUT2D eigenvalue weighted by molar-refractivity contribution is 7.80. The smallest absolute Gasteiger partial charge is 0.169 e. The third kappa shape index (κ3) is 5.87. The molecule has 1 aliphatic rings. The number of nitrogens with zero attached hydrogens (tertiary/aromatic N) is 4. The SMILES string of the molecule is CN(C)CCCNC(=S)N1CCN(Cc2cccnc2)CC1. The highest BCUT2D eigenvalue weighted by Gasteiger charge is 2.18. The van der Waals surface area contributed by atoms with Gasteiger partial charge in [-0.2, -0.15) is 0 Å². The molecular weight excluding hydrogens is 294 g/mol. The third-order valence-corrected chi connectivity index (χ3v) is 4.25. The van der Waals surface area contributed by atoms with Gasteiger partial charge in [0, 0.05) is 51.7 Å². The lowest BCUT2D eigenvalue weighted by molar-refractivity contribution is 0.174. The summed E-state index contributed by atoms with van der Waals surface area (Å²) in [6, 6.07) is 4.13. The number of thiocarbonyl (C=S) groups is 1. The highest BCUT2D eigenvalue weighted by Crippen LogP contribution is 2.07. The number of hydrogen-bond donors (Lipinski definition) is 1. The molecular formula is C16H27N5S. The molecule has 22 heavy (non-hydrogen) atoms. The van der Waals surface area contributed by atoms with Gasteiger partial charge in [0.1, 0.15) is 0 Å². The highest BCUT2D eigenvalue weighted by atomic mass is 32.1. The average molecular weight is 321 g/mol. The number of rotatable bonds is 6. The first-order valence-corrected chi connectivity index (χ1v) is 8.35. The monoisotopic (exact) mass is 321 g/mol. The van der Waals surface area contributed by atoms with Crippen LogP contribution in [0.1, 0.15) is 12.0 Å². The Morgan fingerprint density at radius 2 is 2.09 bits per heavy atom. The van der Waals surface area contributed by atoms with Crippen molar-refractivity contribution in [2.75, 3.05) is 53.4 Å². The van der Waals surface area contributed by atoms with Gasteiger partial charge in [-0.15, -0.1) is 0 Å². The normalized spacial score (nSPS) is 16.0. The van der Waals surface area contributed by atoms with E-state index in [1.165, 1.54) is 5.56 Å². The van der Waals surface area contributed by atoms with Gasteiger partial charge in [-0.25, -0.2) is 0 Å². The van der Waals surface area contributed by atoms with Gasteiger partial charge in [-0.3, -0.25) is 9.88 Å². The first-order valence-electron chi connectivity index (χ1n) is 7.94. The van der Waals surface area contributed by atoms with Gasteiger partial charge in [0.2, 0.25) is 0 Å². The lowest BCUT2D eigenvalue weighted by Crippen LogP contribution is -2.51. The Morgan fingerprint density at radius 3 is 2.73 bits per heavy atom. The first kappa shape index (κ1) is 17.1. The van der Waals surface area contributed by atoms with Crippen LogP contribution in [-0.4, -0.2) is 78.2 Å². The Balaban J connectivity index is 1.65. The minimum Gasteiger partial charge on any atom is -0.363 e. The van der Waals surface area contributed by atoms with Gasteiger partial charge in [-0.1, -0.05) is 6.07 Å². The molecule has 2 heterocycles. The Morgan fingerprint density at radius 1 is 1.32 bits per heavy atom. The molecule has 5 nitrogen and oxygen atoms in total. The predicted molar refractivity (Wildman–Crippen MR) is 94.9 cm³/mol. The average Bonchev–Trinajstić information content (AvgIpc) is 2.53. The largest absolute Gasteiger partial charge is 0.363 e. The fourth-order valence-corrected chi connectivity index (χ4v) is 2.85. The van der Waals surface area contributed by atoms with Crippen LogP contribution in [0.3, 0.4) is 0 Å². The molecule has 0 bridgehead atoms. The van der Waals surface area contributed by atoms with Crippen LogP contribution in [-0.2, 0) is 6.54 Å². The maximum absolute atomic E-state index is 5.49. The van der Waals surface area contributed by atoms with Crippen LogP contribution >= 0.6 is 12.2 Å². The molecule has 6 heteroatoms. The number of pyridine rings is 1. The third-order valence-electron chi connectivity index (χ3n) is 3.85. The summed E-state index contributed by atoms with van der Waals surface area (Å²) < 4.78 is 0. The summed E-state index contributed by atoms with van der Waals surface area (Å²) in [5, 5.41) is 4.28. The van der Waals surface area contributed by atoms with Crippen molar-refractivity contribution < 1.29 is 0 Å². The zero-order valence-corrected chi connectivity index (χ0v) is 14.5. The van der Waals surface area contributed by atoms with Crippen molar-refractivity contribution in [1.29, 1.82) is 0 Å². The zero-order chi connectivity index (χ0) is 15.8. The van der Waals surface area contributed by atoms with Crippen molar-refractivity contribution in [3.8, 4) is 0 Å². The second-order valence-corrected chi connectivity index (χ2v) is 6.40. The molecule has 0 radical (unpaired) electrons. The molecule has 0 unspecified atom stereocenters. The first-order chi connectivity index (χ1) is 10.6. The maximum Gasteiger partial charge on any atom is 0.169 e. The molecule has 1 N–H and O–H groups in total. The molecule has 1 aromatic heterocycles. The van der Waals surface area contributed by atoms with E-state index < -0.39 is 0 Å². The van der Waals surface area contributed by atoms with E-state index in [4.69, 9.17) is 12.2 Å². The van der Waals surface area contributed by atoms with Crippen LogP contribution in [0, 0.1) is 0 Å². The molecule has 2 rings (SSSR count). The molecule has 0 aromatic carbocycles. The molecule has 1 aliphatic heterocycles. The van der Waals surface area contributed by atoms with Crippen LogP contribution in [0.4, 0.5) is 0 Å². The van der Waals surface area contributed by atoms with Crippen molar-refractivity contribution in [2.45, 2.75) is 13.0 Å². The van der Waals surface area contributed by atoms with Crippen LogP contribution in [0.5, 0.6) is 0 Å². The number of hydrogen-bond acceptors (Lipinski definition) is 4. The van der Waals surface area contributed by atoms with Gasteiger partial charge >= 0.3 is 0 Å². The summed E-state index contributed by atoms with van der Waals surface area (Å²) in [5.41, 5.74) is 1.28. The Hall–Kier alpha value is -1.24. The zero-order valence-electron chi connectivity index (χ0n) is 13.7. The summed E-state index contributed by atoms with van der Waals surface area (Å²) in [6.45, 7) is 7.12. The molecule has 0 saturated carbocycles. The van der Waals surface area contributed by atoms with Crippen LogP contribution in [0.2, 0.25) is 0 Å². The Kier molecular flexibility index (Phi) is 7.02. The summed E-state index contributed by atoms with van der Waals surface area (Å²) >= 11 is 5.49. The van der Waals surface area contributed by atoms with E-state index in [9.17, 15) is 0 Å². The standard InChI is InChI=1S/C16H27N5S/c1-19(2)8-4-7-18-16(22)21-11-9-20(10-12-21)14-15-5-3-6-17-13-15/h3,5-6,13H,4,7-12,14H2,1-2H3,(H,18,22). The quantitative estimate of drug-likeness (QED) is 0.623. The lowest BCUT2D eigenvalue weighted by atomic mass is 10.2. The lowest BCUT2D eigenvalue weighted by Gasteiger charge is -2.36. The van der Waals surface area contributed by atoms with Gasteiger partial charge in [0.05, 0.1) is 0 Å². The molecule has 1 aromatic rings. The van der Waals surface area contributed by atoms with Crippen molar-refractivity contribution in [3.05, 3.63) is 30.1 Å². The number of aromatic nitrogens is 1. The van der Waals surface area contributed by atoms with Gasteiger partial charge in [0.25, 0.3) is 0 Å². The molecule has 0 aliphatic carbocycles.